The molecule has 0 aliphatic heterocycles. The van der Waals surface area contributed by atoms with Gasteiger partial charge in [-0.1, -0.05) is 0 Å². The minimum atomic E-state index is -4.86. The number of nitrogens with zero attached hydrogens (tertiary/aromatic N) is 2. The second kappa shape index (κ2) is 9.34. The van der Waals surface area contributed by atoms with E-state index in [1.54, 1.807) is 6.07 Å². The Balaban J connectivity index is 0.00000155. The molecule has 2 aromatic carbocycles. The molecule has 0 saturated heterocycles. The van der Waals surface area contributed by atoms with Gasteiger partial charge in [0, 0.05) is 7.11 Å². The molecule has 6 N–H and O–H groups in total. The Labute approximate surface area is 141 Å². The third-order valence-corrected chi connectivity index (χ3v) is 4.52. The zero-order valence-corrected chi connectivity index (χ0v) is 14.8. The second-order valence-electron chi connectivity index (χ2n) is 4.00. The Kier molecular flexibility index (Phi) is 8.60. The van der Waals surface area contributed by atoms with Crippen molar-refractivity contribution in [3.05, 3.63) is 42.5 Å². The summed E-state index contributed by atoms with van der Waals surface area (Å²) in [6.45, 7) is 0. The molecule has 0 bridgehead atoms. The number of azo groups is 1. The Bertz CT molecular complexity index is 703. The summed E-state index contributed by atoms with van der Waals surface area (Å²) in [7, 11) is 1.00. The number of halogens is 1. The van der Waals surface area contributed by atoms with Crippen LogP contribution in [0.4, 0.5) is 17.1 Å². The van der Waals surface area contributed by atoms with Crippen LogP contribution in [-0.4, -0.2) is 39.7 Å². The van der Waals surface area contributed by atoms with E-state index >= 15 is 0 Å². The maximum absolute atomic E-state index is 11.1. The molecule has 126 valence electrons. The molecular weight excluding hydrogens is 389 g/mol. The third kappa shape index (κ3) is 6.43. The normalized spacial score (nSPS) is 10.6. The van der Waals surface area contributed by atoms with Crippen LogP contribution < -0.4 is 10.1 Å². The number of nitrogens with two attached hydrogens (primary N) is 1. The summed E-state index contributed by atoms with van der Waals surface area (Å²) in [6.07, 6.45) is 0. The Hall–Kier alpha value is -1.83. The van der Waals surface area contributed by atoms with E-state index in [2.05, 4.69) is 10.2 Å². The van der Waals surface area contributed by atoms with Gasteiger partial charge in [0.25, 0.3) is 0 Å². The van der Waals surface area contributed by atoms with Crippen molar-refractivity contribution in [2.24, 2.45) is 10.2 Å². The quantitative estimate of drug-likeness (QED) is 0.222. The summed E-state index contributed by atoms with van der Waals surface area (Å²) >= 11 is -4.86. The Morgan fingerprint density at radius 1 is 0.957 bits per heavy atom. The molecule has 0 aromatic heterocycles. The fourth-order valence-electron chi connectivity index (χ4n) is 1.43. The molecule has 2 aromatic rings. The number of hydrogen-bond acceptors (Lipinski definition) is 6. The van der Waals surface area contributed by atoms with Crippen LogP contribution in [0.3, 0.4) is 0 Å². The number of anilines is 1. The third-order valence-electron chi connectivity index (χ3n) is 2.48. The summed E-state index contributed by atoms with van der Waals surface area (Å²) in [4.78, 5) is 0. The maximum atomic E-state index is 11.1. The molecule has 8 nitrogen and oxygen atoms in total. The van der Waals surface area contributed by atoms with Crippen molar-refractivity contribution in [3.63, 3.8) is 0 Å². The van der Waals surface area contributed by atoms with Crippen LogP contribution in [0.25, 0.3) is 0 Å². The van der Waals surface area contributed by atoms with E-state index in [0.29, 0.717) is 11.4 Å². The molecule has 0 unspecified atom stereocenters. The predicted octanol–water partition coefficient (Wildman–Crippen LogP) is 0.981. The van der Waals surface area contributed by atoms with Crippen molar-refractivity contribution >= 4 is 48.0 Å². The zero-order chi connectivity index (χ0) is 16.8. The van der Waals surface area contributed by atoms with Gasteiger partial charge in [0.15, 0.2) is 0 Å². The summed E-state index contributed by atoms with van der Waals surface area (Å²) in [5.41, 5.74) is 6.63. The van der Waals surface area contributed by atoms with Gasteiger partial charge >= 0.3 is 117 Å². The van der Waals surface area contributed by atoms with Crippen LogP contribution in [0, 0.1) is 0 Å². The van der Waals surface area contributed by atoms with Crippen molar-refractivity contribution in [3.8, 4) is 5.75 Å². The van der Waals surface area contributed by atoms with Gasteiger partial charge in [-0.3, -0.25) is 0 Å². The second-order valence-corrected chi connectivity index (χ2v) is 7.37. The summed E-state index contributed by atoms with van der Waals surface area (Å²) in [5, 5.41) is 24.1. The summed E-state index contributed by atoms with van der Waals surface area (Å²) < 4.78 is 29.1. The number of aromatic hydroxyl groups is 1. The fourth-order valence-corrected chi connectivity index (χ4v) is 2.56. The molecule has 10 heteroatoms. The van der Waals surface area contributed by atoms with Crippen molar-refractivity contribution in [2.45, 2.75) is 0 Å². The molecule has 0 fully saturated rings. The van der Waals surface area contributed by atoms with Crippen molar-refractivity contribution in [1.29, 1.82) is 0 Å². The van der Waals surface area contributed by atoms with Crippen molar-refractivity contribution in [2.75, 3.05) is 12.8 Å². The van der Waals surface area contributed by atoms with Gasteiger partial charge in [-0.05, 0) is 0 Å². The number of benzene rings is 2. The van der Waals surface area contributed by atoms with E-state index in [0.717, 1.165) is 7.11 Å². The van der Waals surface area contributed by atoms with Crippen LogP contribution in [0.5, 0.6) is 5.75 Å². The van der Waals surface area contributed by atoms with Crippen molar-refractivity contribution in [1.82, 2.24) is 0 Å². The molecular formula is C13H17AsClN3O5. The van der Waals surface area contributed by atoms with Crippen LogP contribution in [0.15, 0.2) is 52.7 Å². The number of phenolic OH excluding ortho intramolecular Hbond substituents is 1. The molecule has 0 amide bonds. The number of aliphatic hydroxyl groups excluding tert-OH is 1. The van der Waals surface area contributed by atoms with Gasteiger partial charge in [-0.15, -0.1) is 12.4 Å². The molecule has 0 atom stereocenters. The number of rotatable bonds is 3. The number of nitrogen functional groups attached to an aromatic ring is 1. The van der Waals surface area contributed by atoms with Gasteiger partial charge in [0.05, 0.1) is 0 Å². The minimum absolute atomic E-state index is 0. The van der Waals surface area contributed by atoms with Gasteiger partial charge in [0.1, 0.15) is 0 Å². The van der Waals surface area contributed by atoms with E-state index in [9.17, 15) is 8.85 Å². The molecule has 0 heterocycles. The molecule has 0 aliphatic rings. The molecule has 0 saturated carbocycles. The van der Waals surface area contributed by atoms with Crippen LogP contribution >= 0.6 is 12.4 Å². The topological polar surface area (TPSA) is 149 Å². The van der Waals surface area contributed by atoms with Crippen LogP contribution in [0.1, 0.15) is 0 Å². The number of hydrogen-bond donors (Lipinski definition) is 5. The van der Waals surface area contributed by atoms with Gasteiger partial charge < -0.3 is 5.11 Å². The summed E-state index contributed by atoms with van der Waals surface area (Å²) in [5.74, 6) is -0.0304. The van der Waals surface area contributed by atoms with E-state index in [-0.39, 0.29) is 28.2 Å². The first-order chi connectivity index (χ1) is 10.4. The average Bonchev–Trinajstić information content (AvgIpc) is 2.50. The van der Waals surface area contributed by atoms with Gasteiger partial charge in [0.2, 0.25) is 0 Å². The predicted molar refractivity (Wildman–Crippen MR) is 89.0 cm³/mol. The van der Waals surface area contributed by atoms with Crippen molar-refractivity contribution < 1.29 is 22.1 Å². The Morgan fingerprint density at radius 3 is 1.91 bits per heavy atom. The Morgan fingerprint density at radius 2 is 1.43 bits per heavy atom. The van der Waals surface area contributed by atoms with E-state index in [1.165, 1.54) is 36.4 Å². The molecule has 2 rings (SSSR count). The van der Waals surface area contributed by atoms with Gasteiger partial charge in [-0.2, -0.15) is 0 Å². The molecule has 0 spiro atoms. The summed E-state index contributed by atoms with van der Waals surface area (Å²) in [6, 6.07) is 9.97. The first-order valence-electron chi connectivity index (χ1n) is 5.97. The number of aliphatic hydroxyl groups is 1. The van der Waals surface area contributed by atoms with E-state index in [4.69, 9.17) is 19.0 Å². The average molecular weight is 406 g/mol. The first kappa shape index (κ1) is 21.2. The van der Waals surface area contributed by atoms with Gasteiger partial charge in [-0.25, -0.2) is 0 Å². The van der Waals surface area contributed by atoms with E-state index in [1.807, 2.05) is 0 Å². The molecule has 0 aliphatic carbocycles. The standard InChI is InChI=1S/C12H12AsN3O4.CH4O.ClH/c14-11-7-10(5-6-12(11)17)16-15-9-3-1-8(2-4-9)13(18,19)20;1-2;/h1-7,17H,14H2,(H2,18,19,20);2H,1H3;1H. The fraction of sp³-hybridized carbons (Fsp3) is 0.0769. The molecule has 23 heavy (non-hydrogen) atoms. The van der Waals surface area contributed by atoms with E-state index < -0.39 is 14.2 Å². The SMILES string of the molecule is CO.Cl.Nc1cc(N=Nc2ccc([As](=O)(O)O)cc2)ccc1O. The monoisotopic (exact) mass is 405 g/mol. The van der Waals surface area contributed by atoms with Crippen LogP contribution in [0.2, 0.25) is 0 Å². The number of phenols is 1. The van der Waals surface area contributed by atoms with Crippen LogP contribution in [-0.2, 0) is 3.74 Å². The first-order valence-corrected chi connectivity index (χ1v) is 9.36. The zero-order valence-electron chi connectivity index (χ0n) is 12.1. The molecule has 0 radical (unpaired) electrons.